The summed E-state index contributed by atoms with van der Waals surface area (Å²) >= 11 is 0. The molecule has 1 unspecified atom stereocenters. The van der Waals surface area contributed by atoms with E-state index in [0.717, 1.165) is 10.9 Å². The van der Waals surface area contributed by atoms with Crippen molar-refractivity contribution in [1.29, 1.82) is 0 Å². The molecule has 2 aromatic heterocycles. The van der Waals surface area contributed by atoms with Crippen LogP contribution in [0.3, 0.4) is 0 Å². The molecule has 1 N–H and O–H groups in total. The zero-order valence-electron chi connectivity index (χ0n) is 24.3. The van der Waals surface area contributed by atoms with Gasteiger partial charge >= 0.3 is 6.09 Å². The van der Waals surface area contributed by atoms with Gasteiger partial charge in [0.05, 0.1) is 27.2 Å². The van der Waals surface area contributed by atoms with Gasteiger partial charge in [-0.25, -0.2) is 9.78 Å². The van der Waals surface area contributed by atoms with Gasteiger partial charge in [0.25, 0.3) is 11.5 Å². The van der Waals surface area contributed by atoms with Crippen molar-refractivity contribution < 1.29 is 23.3 Å². The van der Waals surface area contributed by atoms with Crippen molar-refractivity contribution in [2.24, 2.45) is 0 Å². The number of aromatic nitrogens is 3. The van der Waals surface area contributed by atoms with Crippen molar-refractivity contribution >= 4 is 50.5 Å². The summed E-state index contributed by atoms with van der Waals surface area (Å²) in [5.74, 6) is -0.144. The van der Waals surface area contributed by atoms with Gasteiger partial charge in [0, 0.05) is 30.3 Å². The van der Waals surface area contributed by atoms with E-state index in [-0.39, 0.29) is 43.3 Å². The molecule has 7 rings (SSSR count). The standard InChI is InChI=1S/C33H29N5O6S/c1-33-31-35-25-13-7-5-12-24(25)29(40)38(31)27(30(41)37(33)15-16-45(33)43)17-22-19-36(26-14-8-6-11-23(22)26)28(39)18-34-32(42)44-20-21-9-3-2-4-10-21/h2-14,19,27H,15-18,20H2,1H3,(H,34,42)/t27-,33+,45?/m0/s1. The number of amides is 2. The first-order valence-electron chi connectivity index (χ1n) is 14.6. The van der Waals surface area contributed by atoms with Gasteiger partial charge in [-0.15, -0.1) is 0 Å². The minimum atomic E-state index is -1.45. The Kier molecular flexibility index (Phi) is 7.08. The number of hydrogen-bond donors (Lipinski definition) is 1. The highest BCUT2D eigenvalue weighted by Gasteiger charge is 2.56. The average molecular weight is 624 g/mol. The third kappa shape index (κ3) is 4.72. The van der Waals surface area contributed by atoms with Crippen LogP contribution in [0.4, 0.5) is 4.79 Å². The molecule has 3 atom stereocenters. The number of carbonyl (C=O) groups excluding carboxylic acids is 3. The number of fused-ring (bicyclic) bond motifs is 5. The van der Waals surface area contributed by atoms with E-state index in [1.54, 1.807) is 54.4 Å². The summed E-state index contributed by atoms with van der Waals surface area (Å²) in [7, 11) is -1.45. The first-order valence-corrected chi connectivity index (χ1v) is 15.9. The number of rotatable bonds is 6. The van der Waals surface area contributed by atoms with E-state index in [4.69, 9.17) is 9.72 Å². The van der Waals surface area contributed by atoms with Gasteiger partial charge in [-0.05, 0) is 36.2 Å². The predicted octanol–water partition coefficient (Wildman–Crippen LogP) is 3.48. The number of hydrogen-bond acceptors (Lipinski definition) is 7. The van der Waals surface area contributed by atoms with Crippen LogP contribution < -0.4 is 10.9 Å². The molecular weight excluding hydrogens is 594 g/mol. The molecule has 1 fully saturated rings. The van der Waals surface area contributed by atoms with Crippen LogP contribution in [0.25, 0.3) is 21.8 Å². The SMILES string of the molecule is C[C@@]12c3nc4ccccc4c(=O)n3[C@@H](Cc3cn(C(=O)CNC(=O)OCc4ccccc4)c4ccccc34)C(=O)N1CCS2=O. The highest BCUT2D eigenvalue weighted by atomic mass is 32.2. The summed E-state index contributed by atoms with van der Waals surface area (Å²) in [4.78, 5) is 58.9. The van der Waals surface area contributed by atoms with Crippen molar-refractivity contribution in [1.82, 2.24) is 24.3 Å². The van der Waals surface area contributed by atoms with Crippen molar-refractivity contribution in [2.45, 2.75) is 30.9 Å². The Balaban J connectivity index is 1.21. The molecule has 228 valence electrons. The van der Waals surface area contributed by atoms with Gasteiger partial charge in [-0.3, -0.25) is 27.7 Å². The Morgan fingerprint density at radius 2 is 1.71 bits per heavy atom. The molecule has 0 radical (unpaired) electrons. The molecule has 2 amide bonds. The third-order valence-electron chi connectivity index (χ3n) is 8.62. The Morgan fingerprint density at radius 1 is 1.00 bits per heavy atom. The van der Waals surface area contributed by atoms with Crippen molar-refractivity contribution in [3.8, 4) is 0 Å². The number of nitrogens with one attached hydrogen (secondary N) is 1. The molecule has 12 heteroatoms. The van der Waals surface area contributed by atoms with Gasteiger partial charge in [0.1, 0.15) is 19.2 Å². The van der Waals surface area contributed by atoms with Crippen LogP contribution in [0, 0.1) is 0 Å². The summed E-state index contributed by atoms with van der Waals surface area (Å²) in [6.45, 7) is 1.75. The lowest BCUT2D eigenvalue weighted by Crippen LogP contribution is -2.57. The lowest BCUT2D eigenvalue weighted by Gasteiger charge is -2.42. The van der Waals surface area contributed by atoms with E-state index in [0.29, 0.717) is 27.8 Å². The number of benzene rings is 3. The normalized spacial score (nSPS) is 20.6. The van der Waals surface area contributed by atoms with Gasteiger partial charge in [-0.1, -0.05) is 60.7 Å². The molecule has 0 bridgehead atoms. The average Bonchev–Trinajstić information content (AvgIpc) is 3.59. The maximum absolute atomic E-state index is 14.1. The Labute approximate surface area is 259 Å². The number of carbonyl (C=O) groups is 3. The van der Waals surface area contributed by atoms with Crippen molar-refractivity contribution in [3.05, 3.63) is 112 Å². The smallest absolute Gasteiger partial charge is 0.407 e. The van der Waals surface area contributed by atoms with Gasteiger partial charge < -0.3 is 15.0 Å². The fourth-order valence-electron chi connectivity index (χ4n) is 6.32. The zero-order valence-corrected chi connectivity index (χ0v) is 25.2. The van der Waals surface area contributed by atoms with Gasteiger partial charge in [0.15, 0.2) is 10.7 Å². The highest BCUT2D eigenvalue weighted by molar-refractivity contribution is 7.86. The van der Waals surface area contributed by atoms with E-state index in [1.165, 1.54) is 9.13 Å². The summed E-state index contributed by atoms with van der Waals surface area (Å²) in [5, 5.41) is 3.60. The molecule has 4 heterocycles. The Bertz CT molecular complexity index is 2090. The van der Waals surface area contributed by atoms with Gasteiger partial charge in [-0.2, -0.15) is 0 Å². The van der Waals surface area contributed by atoms with Crippen LogP contribution in [0.1, 0.15) is 34.7 Å². The summed E-state index contributed by atoms with van der Waals surface area (Å²) in [6.07, 6.45) is 1.02. The molecule has 0 aliphatic carbocycles. The second-order valence-corrected chi connectivity index (χ2v) is 13.1. The second kappa shape index (κ2) is 11.1. The molecular formula is C33H29N5O6S. The zero-order chi connectivity index (χ0) is 31.3. The summed E-state index contributed by atoms with van der Waals surface area (Å²) in [6, 6.07) is 22.4. The van der Waals surface area contributed by atoms with Crippen LogP contribution in [0.15, 0.2) is 89.9 Å². The number of ether oxygens (including phenoxy) is 1. The van der Waals surface area contributed by atoms with Crippen LogP contribution in [0.5, 0.6) is 0 Å². The highest BCUT2D eigenvalue weighted by Crippen LogP contribution is 2.43. The van der Waals surface area contributed by atoms with Crippen molar-refractivity contribution in [2.75, 3.05) is 18.8 Å². The Hall–Kier alpha value is -5.10. The first kappa shape index (κ1) is 28.7. The van der Waals surface area contributed by atoms with E-state index in [1.807, 2.05) is 42.5 Å². The van der Waals surface area contributed by atoms with E-state index >= 15 is 0 Å². The molecule has 11 nitrogen and oxygen atoms in total. The predicted molar refractivity (Wildman–Crippen MR) is 168 cm³/mol. The fourth-order valence-corrected chi connectivity index (χ4v) is 7.84. The summed E-state index contributed by atoms with van der Waals surface area (Å²) in [5.41, 5.74) is 2.18. The van der Waals surface area contributed by atoms with Gasteiger partial charge in [0.2, 0.25) is 5.91 Å². The molecule has 5 aromatic rings. The molecule has 3 aromatic carbocycles. The van der Waals surface area contributed by atoms with Crippen molar-refractivity contribution in [3.63, 3.8) is 0 Å². The molecule has 1 saturated heterocycles. The second-order valence-electron chi connectivity index (χ2n) is 11.2. The number of para-hydroxylation sites is 2. The van der Waals surface area contributed by atoms with E-state index in [2.05, 4.69) is 5.32 Å². The monoisotopic (exact) mass is 623 g/mol. The largest absolute Gasteiger partial charge is 0.445 e. The van der Waals surface area contributed by atoms with Crippen LogP contribution in [-0.2, 0) is 38.2 Å². The fraction of sp³-hybridized carbons (Fsp3) is 0.242. The topological polar surface area (TPSA) is 133 Å². The molecule has 45 heavy (non-hydrogen) atoms. The van der Waals surface area contributed by atoms with E-state index in [9.17, 15) is 23.4 Å². The number of nitrogens with zero attached hydrogens (tertiary/aromatic N) is 4. The quantitative estimate of drug-likeness (QED) is 0.306. The lowest BCUT2D eigenvalue weighted by atomic mass is 9.99. The molecule has 2 aliphatic heterocycles. The molecule has 0 spiro atoms. The maximum atomic E-state index is 14.1. The third-order valence-corrected chi connectivity index (χ3v) is 10.5. The minimum absolute atomic E-state index is 0.0710. The lowest BCUT2D eigenvalue weighted by molar-refractivity contribution is -0.140. The van der Waals surface area contributed by atoms with Crippen LogP contribution >= 0.6 is 0 Å². The maximum Gasteiger partial charge on any atom is 0.407 e. The van der Waals surface area contributed by atoms with E-state index < -0.39 is 33.7 Å². The number of alkyl carbamates (subject to hydrolysis) is 1. The molecule has 0 saturated carbocycles. The Morgan fingerprint density at radius 3 is 2.51 bits per heavy atom. The molecule has 2 aliphatic rings. The summed E-state index contributed by atoms with van der Waals surface area (Å²) < 4.78 is 21.4. The van der Waals surface area contributed by atoms with Crippen LogP contribution in [0.2, 0.25) is 0 Å². The minimum Gasteiger partial charge on any atom is -0.445 e. The van der Waals surface area contributed by atoms with Crippen LogP contribution in [-0.4, -0.2) is 60.0 Å². The first-order chi connectivity index (χ1) is 21.8.